The monoisotopic (exact) mass is 276 g/mol. The molecule has 2 fully saturated rings. The van der Waals surface area contributed by atoms with Crippen LogP contribution >= 0.6 is 6.64 Å². The van der Waals surface area contributed by atoms with Crippen LogP contribution in [0.15, 0.2) is 5.10 Å². The minimum absolute atomic E-state index is 0.557. The molecule has 2 bridgehead atoms. The van der Waals surface area contributed by atoms with Crippen molar-refractivity contribution in [1.29, 1.82) is 0 Å². The van der Waals surface area contributed by atoms with Gasteiger partial charge in [-0.05, 0) is 63.2 Å². The molecule has 17 heavy (non-hydrogen) atoms. The van der Waals surface area contributed by atoms with E-state index in [1.807, 2.05) is 13.8 Å². The summed E-state index contributed by atoms with van der Waals surface area (Å²) in [6.07, 6.45) is 5.10. The summed E-state index contributed by atoms with van der Waals surface area (Å²) in [7, 11) is 0. The average molecular weight is 276 g/mol. The molecule has 0 spiro atoms. The van der Waals surface area contributed by atoms with E-state index in [4.69, 9.17) is 20.9 Å². The van der Waals surface area contributed by atoms with E-state index >= 15 is 0 Å². The van der Waals surface area contributed by atoms with Crippen molar-refractivity contribution in [1.82, 2.24) is 5.20 Å². The lowest BCUT2D eigenvalue weighted by Crippen LogP contribution is -2.16. The third kappa shape index (κ3) is 3.28. The van der Waals surface area contributed by atoms with Crippen molar-refractivity contribution < 1.29 is 9.05 Å². The van der Waals surface area contributed by atoms with Crippen LogP contribution in [0.3, 0.4) is 0 Å². The van der Waals surface area contributed by atoms with E-state index in [0.717, 1.165) is 12.3 Å². The van der Waals surface area contributed by atoms with Gasteiger partial charge in [-0.25, -0.2) is 5.20 Å². The maximum Gasteiger partial charge on any atom is 0.303 e. The van der Waals surface area contributed by atoms with Gasteiger partial charge in [-0.2, -0.15) is 5.10 Å². The zero-order chi connectivity index (χ0) is 12.3. The molecule has 0 saturated heterocycles. The van der Waals surface area contributed by atoms with Gasteiger partial charge in [0, 0.05) is 5.71 Å². The lowest BCUT2D eigenvalue weighted by Gasteiger charge is -2.21. The molecule has 2 aliphatic rings. The van der Waals surface area contributed by atoms with Crippen molar-refractivity contribution in [2.75, 3.05) is 13.2 Å². The van der Waals surface area contributed by atoms with E-state index in [9.17, 15) is 0 Å². The summed E-state index contributed by atoms with van der Waals surface area (Å²) in [5, 5.41) is 7.47. The van der Waals surface area contributed by atoms with Crippen LogP contribution in [0.1, 0.15) is 39.5 Å². The Kier molecular flexibility index (Phi) is 4.59. The normalized spacial score (nSPS) is 30.1. The van der Waals surface area contributed by atoms with E-state index in [2.05, 4.69) is 10.3 Å². The molecule has 0 heterocycles. The summed E-state index contributed by atoms with van der Waals surface area (Å²) in [6, 6.07) is 0. The van der Waals surface area contributed by atoms with Crippen molar-refractivity contribution in [3.8, 4) is 0 Å². The van der Waals surface area contributed by atoms with Gasteiger partial charge < -0.3 is 9.05 Å². The standard InChI is InChI=1S/C11H21N2O2PS/c1-3-14-16(17,15-4-2)13-12-11-8-9-5-6-10(11)7-9/h9-10H,3-8H2,1-2H3,(H,13,17)/b12-11+. The lowest BCUT2D eigenvalue weighted by molar-refractivity contribution is 0.259. The second-order valence-electron chi connectivity index (χ2n) is 4.62. The van der Waals surface area contributed by atoms with Crippen molar-refractivity contribution in [3.05, 3.63) is 0 Å². The van der Waals surface area contributed by atoms with E-state index in [1.165, 1.54) is 25.0 Å². The Morgan fingerprint density at radius 2 is 2.06 bits per heavy atom. The molecule has 0 aromatic carbocycles. The Morgan fingerprint density at radius 1 is 1.35 bits per heavy atom. The van der Waals surface area contributed by atoms with Crippen LogP contribution in [0, 0.1) is 11.8 Å². The van der Waals surface area contributed by atoms with E-state index in [0.29, 0.717) is 19.1 Å². The van der Waals surface area contributed by atoms with E-state index in [1.54, 1.807) is 0 Å². The third-order valence-electron chi connectivity index (χ3n) is 3.42. The number of hydrogen-bond donors (Lipinski definition) is 1. The smallest absolute Gasteiger partial charge is 0.303 e. The predicted molar refractivity (Wildman–Crippen MR) is 73.6 cm³/mol. The van der Waals surface area contributed by atoms with Crippen molar-refractivity contribution >= 4 is 24.2 Å². The van der Waals surface area contributed by atoms with E-state index < -0.39 is 6.64 Å². The maximum absolute atomic E-state index is 5.50. The molecule has 1 N–H and O–H groups in total. The van der Waals surface area contributed by atoms with Gasteiger partial charge in [0.1, 0.15) is 0 Å². The Labute approximate surface area is 108 Å². The maximum atomic E-state index is 5.50. The SMILES string of the molecule is CCOP(=S)(N/N=C1\CC2CCC1C2)OCC. The molecule has 2 unspecified atom stereocenters. The highest BCUT2D eigenvalue weighted by Gasteiger charge is 2.37. The summed E-state index contributed by atoms with van der Waals surface area (Å²) in [5.41, 5.74) is 1.27. The van der Waals surface area contributed by atoms with Crippen molar-refractivity contribution in [3.63, 3.8) is 0 Å². The van der Waals surface area contributed by atoms with Gasteiger partial charge in [-0.15, -0.1) is 0 Å². The highest BCUT2D eigenvalue weighted by Crippen LogP contribution is 2.46. The molecule has 2 aliphatic carbocycles. The van der Waals surface area contributed by atoms with Crippen LogP contribution in [0.4, 0.5) is 0 Å². The van der Waals surface area contributed by atoms with Gasteiger partial charge in [0.05, 0.1) is 13.2 Å². The fraction of sp³-hybridized carbons (Fsp3) is 0.909. The van der Waals surface area contributed by atoms with Crippen LogP contribution in [0.25, 0.3) is 0 Å². The molecular weight excluding hydrogens is 255 g/mol. The zero-order valence-corrected chi connectivity index (χ0v) is 12.2. The van der Waals surface area contributed by atoms with Crippen LogP contribution in [-0.2, 0) is 20.9 Å². The number of nitrogens with one attached hydrogen (secondary N) is 1. The number of fused-ring (bicyclic) bond motifs is 2. The molecule has 0 aromatic rings. The van der Waals surface area contributed by atoms with Crippen LogP contribution in [0.5, 0.6) is 0 Å². The second kappa shape index (κ2) is 5.79. The first-order chi connectivity index (χ1) is 8.17. The fourth-order valence-electron chi connectivity index (χ4n) is 2.72. The van der Waals surface area contributed by atoms with Crippen LogP contribution < -0.4 is 5.20 Å². The molecule has 0 aliphatic heterocycles. The topological polar surface area (TPSA) is 42.8 Å². The minimum Gasteiger partial charge on any atom is -0.313 e. The molecule has 2 saturated carbocycles. The highest BCUT2D eigenvalue weighted by molar-refractivity contribution is 8.08. The average Bonchev–Trinajstić information content (AvgIpc) is 2.89. The first kappa shape index (κ1) is 13.5. The molecule has 0 amide bonds. The van der Waals surface area contributed by atoms with Crippen molar-refractivity contribution in [2.45, 2.75) is 39.5 Å². The molecule has 2 rings (SSSR count). The second-order valence-corrected chi connectivity index (χ2v) is 7.77. The summed E-state index contributed by atoms with van der Waals surface area (Å²) in [5.74, 6) is 1.54. The number of hydrazone groups is 1. The third-order valence-corrected chi connectivity index (χ3v) is 5.84. The molecular formula is C11H21N2O2PS. The first-order valence-electron chi connectivity index (χ1n) is 6.39. The Morgan fingerprint density at radius 3 is 2.53 bits per heavy atom. The van der Waals surface area contributed by atoms with Gasteiger partial charge in [0.15, 0.2) is 0 Å². The first-order valence-corrected chi connectivity index (χ1v) is 9.03. The Bertz CT molecular complexity index is 338. The van der Waals surface area contributed by atoms with Gasteiger partial charge in [-0.3, -0.25) is 0 Å². The molecule has 2 atom stereocenters. The van der Waals surface area contributed by atoms with Crippen LogP contribution in [-0.4, -0.2) is 18.9 Å². The van der Waals surface area contributed by atoms with Crippen LogP contribution in [0.2, 0.25) is 0 Å². The highest BCUT2D eigenvalue weighted by atomic mass is 32.5. The molecule has 4 nitrogen and oxygen atoms in total. The number of hydrogen-bond acceptors (Lipinski definition) is 4. The van der Waals surface area contributed by atoms with Crippen molar-refractivity contribution in [2.24, 2.45) is 16.9 Å². The number of nitrogens with zero attached hydrogens (tertiary/aromatic N) is 1. The molecule has 0 aromatic heterocycles. The quantitative estimate of drug-likeness (QED) is 0.598. The lowest BCUT2D eigenvalue weighted by atomic mass is 9.99. The Hall–Kier alpha value is 0.0400. The zero-order valence-electron chi connectivity index (χ0n) is 10.5. The largest absolute Gasteiger partial charge is 0.313 e. The van der Waals surface area contributed by atoms with E-state index in [-0.39, 0.29) is 0 Å². The van der Waals surface area contributed by atoms with Gasteiger partial charge in [0.25, 0.3) is 0 Å². The van der Waals surface area contributed by atoms with Gasteiger partial charge >= 0.3 is 6.64 Å². The Balaban J connectivity index is 1.95. The minimum atomic E-state index is -2.40. The molecule has 98 valence electrons. The molecule has 0 radical (unpaired) electrons. The summed E-state index contributed by atoms with van der Waals surface area (Å²) >= 11 is 5.37. The predicted octanol–water partition coefficient (Wildman–Crippen LogP) is 3.05. The molecule has 6 heteroatoms. The summed E-state index contributed by atoms with van der Waals surface area (Å²) in [6.45, 7) is 2.56. The number of rotatable bonds is 6. The summed E-state index contributed by atoms with van der Waals surface area (Å²) < 4.78 is 11.0. The van der Waals surface area contributed by atoms with Gasteiger partial charge in [0.2, 0.25) is 0 Å². The van der Waals surface area contributed by atoms with Gasteiger partial charge in [-0.1, -0.05) is 0 Å². The summed E-state index contributed by atoms with van der Waals surface area (Å²) in [4.78, 5) is 0. The fourth-order valence-corrected chi connectivity index (χ4v) is 4.60.